The highest BCUT2D eigenvalue weighted by Gasteiger charge is 2.15. The lowest BCUT2D eigenvalue weighted by molar-refractivity contribution is 1.28. The molecule has 0 bridgehead atoms. The lowest BCUT2D eigenvalue weighted by Gasteiger charge is -2.26. The van der Waals surface area contributed by atoms with Gasteiger partial charge < -0.3 is 9.80 Å². The van der Waals surface area contributed by atoms with E-state index < -0.39 is 0 Å². The molecule has 240 valence electrons. The SMILES string of the molecule is C=C(C)c1ccc(N(c2ccc(C#CC)cc2)c2ccc(-c3ccc(N(c4ccc(C#CC)cc4)c4ccc(C#CC)cc4)cc3)cc2)cc1. The molecule has 0 radical (unpaired) electrons. The molecule has 0 unspecified atom stereocenters. The summed E-state index contributed by atoms with van der Waals surface area (Å²) < 4.78 is 0. The summed E-state index contributed by atoms with van der Waals surface area (Å²) in [5, 5.41) is 0. The van der Waals surface area contributed by atoms with Crippen molar-refractivity contribution in [3.05, 3.63) is 174 Å². The number of rotatable bonds is 8. The van der Waals surface area contributed by atoms with Gasteiger partial charge >= 0.3 is 0 Å². The van der Waals surface area contributed by atoms with Crippen molar-refractivity contribution in [2.45, 2.75) is 27.7 Å². The third-order valence-electron chi connectivity index (χ3n) is 8.39. The molecular weight excluding hydrogens is 605 g/mol. The van der Waals surface area contributed by atoms with E-state index in [0.717, 1.165) is 73.1 Å². The van der Waals surface area contributed by atoms with E-state index in [4.69, 9.17) is 0 Å². The van der Waals surface area contributed by atoms with Gasteiger partial charge in [-0.2, -0.15) is 0 Å². The summed E-state index contributed by atoms with van der Waals surface area (Å²) in [4.78, 5) is 4.53. The second-order valence-electron chi connectivity index (χ2n) is 11.9. The molecule has 6 aromatic carbocycles. The Morgan fingerprint density at radius 1 is 0.380 bits per heavy atom. The molecule has 6 rings (SSSR count). The van der Waals surface area contributed by atoms with Crippen LogP contribution < -0.4 is 9.80 Å². The minimum atomic E-state index is 0.994. The monoisotopic (exact) mass is 642 g/mol. The Hall–Kier alpha value is -6.66. The van der Waals surface area contributed by atoms with Crippen molar-refractivity contribution in [2.24, 2.45) is 0 Å². The van der Waals surface area contributed by atoms with Crippen LogP contribution in [-0.4, -0.2) is 0 Å². The molecule has 0 aliphatic heterocycles. The number of hydrogen-bond acceptors (Lipinski definition) is 2. The fraction of sp³-hybridized carbons (Fsp3) is 0.0833. The van der Waals surface area contributed by atoms with Gasteiger partial charge in [-0.25, -0.2) is 0 Å². The third-order valence-corrected chi connectivity index (χ3v) is 8.39. The van der Waals surface area contributed by atoms with Crippen LogP contribution in [0.3, 0.4) is 0 Å². The van der Waals surface area contributed by atoms with Crippen LogP contribution in [0, 0.1) is 35.5 Å². The molecule has 0 aliphatic rings. The molecule has 0 amide bonds. The normalized spacial score (nSPS) is 10.0. The maximum absolute atomic E-state index is 4.11. The average Bonchev–Trinajstić information content (AvgIpc) is 3.15. The quantitative estimate of drug-likeness (QED) is 0.152. The minimum absolute atomic E-state index is 0.994. The van der Waals surface area contributed by atoms with E-state index in [2.05, 4.69) is 197 Å². The van der Waals surface area contributed by atoms with Crippen molar-refractivity contribution in [1.29, 1.82) is 0 Å². The molecule has 0 spiro atoms. The van der Waals surface area contributed by atoms with Gasteiger partial charge in [0, 0.05) is 50.8 Å². The first-order valence-electron chi connectivity index (χ1n) is 16.6. The maximum Gasteiger partial charge on any atom is 0.0462 e. The number of nitrogens with zero attached hydrogens (tertiary/aromatic N) is 2. The molecule has 2 heteroatoms. The van der Waals surface area contributed by atoms with E-state index in [1.165, 1.54) is 0 Å². The Labute approximate surface area is 297 Å². The van der Waals surface area contributed by atoms with Crippen molar-refractivity contribution in [1.82, 2.24) is 0 Å². The molecule has 2 nitrogen and oxygen atoms in total. The topological polar surface area (TPSA) is 6.48 Å². The summed E-state index contributed by atoms with van der Waals surface area (Å²) in [5.41, 5.74) is 13.8. The Kier molecular flexibility index (Phi) is 10.3. The Morgan fingerprint density at radius 3 is 0.860 bits per heavy atom. The van der Waals surface area contributed by atoms with Gasteiger partial charge in [0.25, 0.3) is 0 Å². The molecule has 0 saturated carbocycles. The molecule has 0 heterocycles. The van der Waals surface area contributed by atoms with E-state index in [1.807, 2.05) is 27.7 Å². The standard InChI is InChI=1S/C48H38N2/c1-6-9-37-12-24-43(25-13-37)49(44-26-14-38(10-7-2)15-27-44)47-32-20-41(21-33-47)42-22-34-48(35-23-42)50(45-28-16-39(11-8-3)17-29-45)46-30-18-40(19-31-46)36(4)5/h12-35H,4H2,1-3,5H3. The molecule has 6 aromatic rings. The van der Waals surface area contributed by atoms with Crippen LogP contribution in [0.15, 0.2) is 152 Å². The molecule has 0 N–H and O–H groups in total. The molecular formula is C48H38N2. The molecule has 0 aromatic heterocycles. The van der Waals surface area contributed by atoms with Crippen molar-refractivity contribution in [3.63, 3.8) is 0 Å². The molecule has 0 atom stereocenters. The van der Waals surface area contributed by atoms with Crippen molar-refractivity contribution in [2.75, 3.05) is 9.80 Å². The van der Waals surface area contributed by atoms with Crippen molar-refractivity contribution in [3.8, 4) is 46.6 Å². The molecule has 0 fully saturated rings. The number of hydrogen-bond donors (Lipinski definition) is 0. The van der Waals surface area contributed by atoms with Crippen LogP contribution in [0.25, 0.3) is 16.7 Å². The van der Waals surface area contributed by atoms with E-state index in [9.17, 15) is 0 Å². The fourth-order valence-corrected chi connectivity index (χ4v) is 5.91. The summed E-state index contributed by atoms with van der Waals surface area (Å²) in [6, 6.07) is 51.2. The zero-order chi connectivity index (χ0) is 34.9. The van der Waals surface area contributed by atoms with Gasteiger partial charge in [0.1, 0.15) is 0 Å². The van der Waals surface area contributed by atoms with E-state index in [0.29, 0.717) is 0 Å². The summed E-state index contributed by atoms with van der Waals surface area (Å²) >= 11 is 0. The van der Waals surface area contributed by atoms with Crippen LogP contribution in [0.1, 0.15) is 49.9 Å². The second-order valence-corrected chi connectivity index (χ2v) is 11.9. The predicted molar refractivity (Wildman–Crippen MR) is 214 cm³/mol. The van der Waals surface area contributed by atoms with Crippen LogP contribution in [-0.2, 0) is 0 Å². The highest BCUT2D eigenvalue weighted by molar-refractivity contribution is 5.81. The van der Waals surface area contributed by atoms with Crippen molar-refractivity contribution < 1.29 is 0 Å². The summed E-state index contributed by atoms with van der Waals surface area (Å²) in [6.07, 6.45) is 0. The van der Waals surface area contributed by atoms with Crippen molar-refractivity contribution >= 4 is 39.7 Å². The zero-order valence-electron chi connectivity index (χ0n) is 29.0. The van der Waals surface area contributed by atoms with Gasteiger partial charge in [-0.05, 0) is 154 Å². The Bertz CT molecular complexity index is 2210. The Balaban J connectivity index is 1.32. The Morgan fingerprint density at radius 2 is 0.620 bits per heavy atom. The first-order valence-corrected chi connectivity index (χ1v) is 16.6. The number of anilines is 6. The second kappa shape index (κ2) is 15.5. The van der Waals surface area contributed by atoms with Gasteiger partial charge in [-0.15, -0.1) is 17.8 Å². The molecule has 0 saturated heterocycles. The number of allylic oxidation sites excluding steroid dienone is 1. The largest absolute Gasteiger partial charge is 0.311 e. The van der Waals surface area contributed by atoms with Gasteiger partial charge in [-0.1, -0.05) is 66.3 Å². The van der Waals surface area contributed by atoms with E-state index in [-0.39, 0.29) is 0 Å². The molecule has 50 heavy (non-hydrogen) atoms. The predicted octanol–water partition coefficient (Wildman–Crippen LogP) is 12.4. The minimum Gasteiger partial charge on any atom is -0.311 e. The number of benzene rings is 6. The summed E-state index contributed by atoms with van der Waals surface area (Å²) in [5.74, 6) is 18.4. The first-order chi connectivity index (χ1) is 24.5. The van der Waals surface area contributed by atoms with Gasteiger partial charge in [0.05, 0.1) is 0 Å². The van der Waals surface area contributed by atoms with Crippen LogP contribution in [0.2, 0.25) is 0 Å². The lowest BCUT2D eigenvalue weighted by atomic mass is 10.0. The van der Waals surface area contributed by atoms with Gasteiger partial charge in [-0.3, -0.25) is 0 Å². The molecule has 0 aliphatic carbocycles. The zero-order valence-corrected chi connectivity index (χ0v) is 29.0. The summed E-state index contributed by atoms with van der Waals surface area (Å²) in [7, 11) is 0. The van der Waals surface area contributed by atoms with Crippen LogP contribution in [0.4, 0.5) is 34.1 Å². The summed E-state index contributed by atoms with van der Waals surface area (Å²) in [6.45, 7) is 11.7. The lowest BCUT2D eigenvalue weighted by Crippen LogP contribution is -2.10. The highest BCUT2D eigenvalue weighted by atomic mass is 15.1. The van der Waals surface area contributed by atoms with E-state index in [1.54, 1.807) is 0 Å². The first kappa shape index (κ1) is 33.2. The van der Waals surface area contributed by atoms with E-state index >= 15 is 0 Å². The maximum atomic E-state index is 4.11. The fourth-order valence-electron chi connectivity index (χ4n) is 5.91. The van der Waals surface area contributed by atoms with Crippen LogP contribution in [0.5, 0.6) is 0 Å². The third kappa shape index (κ3) is 7.56. The highest BCUT2D eigenvalue weighted by Crippen LogP contribution is 2.38. The average molecular weight is 643 g/mol. The van der Waals surface area contributed by atoms with Gasteiger partial charge in [0.2, 0.25) is 0 Å². The smallest absolute Gasteiger partial charge is 0.0462 e. The van der Waals surface area contributed by atoms with Crippen LogP contribution >= 0.6 is 0 Å². The van der Waals surface area contributed by atoms with Gasteiger partial charge in [0.15, 0.2) is 0 Å².